The van der Waals surface area contributed by atoms with Gasteiger partial charge in [-0.05, 0) is 62.1 Å². The van der Waals surface area contributed by atoms with Crippen LogP contribution in [0, 0.1) is 19.8 Å². The minimum absolute atomic E-state index is 0.206. The third kappa shape index (κ3) is 5.84. The molecule has 0 unspecified atom stereocenters. The minimum atomic E-state index is -0.695. The molecule has 0 heterocycles. The van der Waals surface area contributed by atoms with Gasteiger partial charge < -0.3 is 15.4 Å². The second-order valence-corrected chi connectivity index (χ2v) is 7.14. The molecule has 2 aromatic rings. The summed E-state index contributed by atoms with van der Waals surface area (Å²) in [5, 5.41) is 5.67. The monoisotopic (exact) mass is 368 g/mol. The summed E-state index contributed by atoms with van der Waals surface area (Å²) < 4.78 is 5.75. The fraction of sp³-hybridized carbons (Fsp3) is 0.364. The van der Waals surface area contributed by atoms with Crippen LogP contribution in [-0.2, 0) is 4.79 Å². The number of aryl methyl sites for hydroxylation is 2. The lowest BCUT2D eigenvalue weighted by molar-refractivity contribution is -0.122. The molecule has 27 heavy (non-hydrogen) atoms. The van der Waals surface area contributed by atoms with Crippen LogP contribution in [0.3, 0.4) is 0 Å². The summed E-state index contributed by atoms with van der Waals surface area (Å²) >= 11 is 0. The van der Waals surface area contributed by atoms with Crippen LogP contribution in [0.2, 0.25) is 0 Å². The number of nitrogens with one attached hydrogen (secondary N) is 2. The van der Waals surface area contributed by atoms with Crippen molar-refractivity contribution in [2.24, 2.45) is 5.92 Å². The van der Waals surface area contributed by atoms with Gasteiger partial charge in [0, 0.05) is 6.54 Å². The van der Waals surface area contributed by atoms with Crippen molar-refractivity contribution < 1.29 is 14.3 Å². The van der Waals surface area contributed by atoms with Crippen molar-refractivity contribution in [3.8, 4) is 5.75 Å². The van der Waals surface area contributed by atoms with Crippen LogP contribution in [0.5, 0.6) is 5.75 Å². The van der Waals surface area contributed by atoms with E-state index in [1.807, 2.05) is 45.9 Å². The van der Waals surface area contributed by atoms with Crippen LogP contribution in [-0.4, -0.2) is 24.5 Å². The summed E-state index contributed by atoms with van der Waals surface area (Å²) in [5.41, 5.74) is 3.18. The molecule has 2 N–H and O–H groups in total. The molecule has 0 aliphatic rings. The van der Waals surface area contributed by atoms with E-state index in [-0.39, 0.29) is 11.8 Å². The van der Waals surface area contributed by atoms with E-state index in [0.717, 1.165) is 5.56 Å². The van der Waals surface area contributed by atoms with Gasteiger partial charge in [0.25, 0.3) is 11.8 Å². The first kappa shape index (κ1) is 20.5. The maximum atomic E-state index is 12.5. The Bertz CT molecular complexity index is 815. The second-order valence-electron chi connectivity index (χ2n) is 7.14. The average Bonchev–Trinajstić information content (AvgIpc) is 2.63. The van der Waals surface area contributed by atoms with Crippen LogP contribution in [0.15, 0.2) is 42.5 Å². The quantitative estimate of drug-likeness (QED) is 0.773. The zero-order chi connectivity index (χ0) is 20.0. The van der Waals surface area contributed by atoms with Gasteiger partial charge in [0.2, 0.25) is 0 Å². The smallest absolute Gasteiger partial charge is 0.265 e. The van der Waals surface area contributed by atoms with Gasteiger partial charge in [-0.3, -0.25) is 9.59 Å². The SMILES string of the molecule is Cc1ccc(O[C@H](C)C(=O)Nc2ccccc2C(=O)NCC(C)C)cc1C. The molecule has 2 aromatic carbocycles. The van der Waals surface area contributed by atoms with Crippen molar-refractivity contribution in [1.82, 2.24) is 5.32 Å². The Morgan fingerprint density at radius 2 is 1.70 bits per heavy atom. The van der Waals surface area contributed by atoms with E-state index in [1.54, 1.807) is 31.2 Å². The topological polar surface area (TPSA) is 67.4 Å². The van der Waals surface area contributed by atoms with Crippen LogP contribution < -0.4 is 15.4 Å². The highest BCUT2D eigenvalue weighted by Gasteiger charge is 2.18. The average molecular weight is 368 g/mol. The predicted molar refractivity (Wildman–Crippen MR) is 108 cm³/mol. The number of ether oxygens (including phenoxy) is 1. The first-order valence-corrected chi connectivity index (χ1v) is 9.20. The van der Waals surface area contributed by atoms with Crippen LogP contribution >= 0.6 is 0 Å². The molecule has 0 bridgehead atoms. The highest BCUT2D eigenvalue weighted by atomic mass is 16.5. The molecule has 0 saturated heterocycles. The van der Waals surface area contributed by atoms with Crippen molar-refractivity contribution >= 4 is 17.5 Å². The highest BCUT2D eigenvalue weighted by Crippen LogP contribution is 2.19. The van der Waals surface area contributed by atoms with Crippen LogP contribution in [0.25, 0.3) is 0 Å². The summed E-state index contributed by atoms with van der Waals surface area (Å²) in [5.74, 6) is 0.477. The first-order chi connectivity index (χ1) is 12.8. The Hall–Kier alpha value is -2.82. The van der Waals surface area contributed by atoms with Gasteiger partial charge in [-0.1, -0.05) is 32.0 Å². The maximum Gasteiger partial charge on any atom is 0.265 e. The number of anilines is 1. The lowest BCUT2D eigenvalue weighted by Gasteiger charge is -2.17. The Kier molecular flexibility index (Phi) is 6.99. The van der Waals surface area contributed by atoms with Crippen molar-refractivity contribution in [2.45, 2.75) is 40.7 Å². The van der Waals surface area contributed by atoms with Gasteiger partial charge in [0.1, 0.15) is 5.75 Å². The Morgan fingerprint density at radius 3 is 2.37 bits per heavy atom. The summed E-state index contributed by atoms with van der Waals surface area (Å²) in [6, 6.07) is 12.7. The summed E-state index contributed by atoms with van der Waals surface area (Å²) in [4.78, 5) is 24.9. The third-order valence-electron chi connectivity index (χ3n) is 4.26. The zero-order valence-electron chi connectivity index (χ0n) is 16.6. The molecular formula is C22H28N2O3. The highest BCUT2D eigenvalue weighted by molar-refractivity contribution is 6.04. The van der Waals surface area contributed by atoms with Gasteiger partial charge in [-0.2, -0.15) is 0 Å². The normalized spacial score (nSPS) is 11.8. The Morgan fingerprint density at radius 1 is 1.00 bits per heavy atom. The molecular weight excluding hydrogens is 340 g/mol. The lowest BCUT2D eigenvalue weighted by Crippen LogP contribution is -2.32. The van der Waals surface area contributed by atoms with Gasteiger partial charge in [-0.25, -0.2) is 0 Å². The number of carbonyl (C=O) groups is 2. The lowest BCUT2D eigenvalue weighted by atomic mass is 10.1. The molecule has 0 aromatic heterocycles. The van der Waals surface area contributed by atoms with Crippen molar-refractivity contribution in [2.75, 3.05) is 11.9 Å². The van der Waals surface area contributed by atoms with Gasteiger partial charge in [0.15, 0.2) is 6.10 Å². The van der Waals surface area contributed by atoms with Gasteiger partial charge in [-0.15, -0.1) is 0 Å². The van der Waals surface area contributed by atoms with Crippen LogP contribution in [0.1, 0.15) is 42.3 Å². The molecule has 0 radical (unpaired) electrons. The standard InChI is InChI=1S/C22H28N2O3/c1-14(2)13-23-22(26)19-8-6-7-9-20(19)24-21(25)17(5)27-18-11-10-15(3)16(4)12-18/h6-12,14,17H,13H2,1-5H3,(H,23,26)(H,24,25)/t17-/m1/s1. The van der Waals surface area contributed by atoms with E-state index in [2.05, 4.69) is 10.6 Å². The van der Waals surface area contributed by atoms with Gasteiger partial charge >= 0.3 is 0 Å². The zero-order valence-corrected chi connectivity index (χ0v) is 16.6. The van der Waals surface area contributed by atoms with E-state index in [4.69, 9.17) is 4.74 Å². The first-order valence-electron chi connectivity index (χ1n) is 9.20. The number of amides is 2. The maximum absolute atomic E-state index is 12.5. The van der Waals surface area contributed by atoms with Crippen LogP contribution in [0.4, 0.5) is 5.69 Å². The number of rotatable bonds is 7. The molecule has 2 rings (SSSR count). The molecule has 2 amide bonds. The Balaban J connectivity index is 2.06. The number of carbonyl (C=O) groups excluding carboxylic acids is 2. The molecule has 0 aliphatic heterocycles. The van der Waals surface area contributed by atoms with Crippen molar-refractivity contribution in [3.05, 3.63) is 59.2 Å². The van der Waals surface area contributed by atoms with Crippen molar-refractivity contribution in [3.63, 3.8) is 0 Å². The predicted octanol–water partition coefficient (Wildman–Crippen LogP) is 4.10. The van der Waals surface area contributed by atoms with E-state index in [0.29, 0.717) is 29.5 Å². The van der Waals surface area contributed by atoms with E-state index in [9.17, 15) is 9.59 Å². The number of hydrogen-bond donors (Lipinski definition) is 2. The largest absolute Gasteiger partial charge is 0.481 e. The van der Waals surface area contributed by atoms with Gasteiger partial charge in [0.05, 0.1) is 11.3 Å². The van der Waals surface area contributed by atoms with Crippen molar-refractivity contribution in [1.29, 1.82) is 0 Å². The molecule has 0 fully saturated rings. The molecule has 5 nitrogen and oxygen atoms in total. The number of benzene rings is 2. The molecule has 0 spiro atoms. The number of para-hydroxylation sites is 1. The fourth-order valence-corrected chi connectivity index (χ4v) is 2.46. The summed E-state index contributed by atoms with van der Waals surface area (Å²) in [7, 11) is 0. The minimum Gasteiger partial charge on any atom is -0.481 e. The Labute approximate surface area is 161 Å². The third-order valence-corrected chi connectivity index (χ3v) is 4.26. The molecule has 5 heteroatoms. The molecule has 0 aliphatic carbocycles. The molecule has 0 saturated carbocycles. The van der Waals surface area contributed by atoms with E-state index in [1.165, 1.54) is 5.56 Å². The number of hydrogen-bond acceptors (Lipinski definition) is 3. The summed E-state index contributed by atoms with van der Waals surface area (Å²) in [6.07, 6.45) is -0.695. The van der Waals surface area contributed by atoms with E-state index < -0.39 is 6.10 Å². The summed E-state index contributed by atoms with van der Waals surface area (Å²) in [6.45, 7) is 10.3. The van der Waals surface area contributed by atoms with E-state index >= 15 is 0 Å². The fourth-order valence-electron chi connectivity index (χ4n) is 2.46. The molecule has 144 valence electrons. The second kappa shape index (κ2) is 9.21. The molecule has 1 atom stereocenters.